The van der Waals surface area contributed by atoms with Crippen LogP contribution in [0.3, 0.4) is 0 Å². The Bertz CT molecular complexity index is 1040. The van der Waals surface area contributed by atoms with Crippen LogP contribution < -0.4 is 5.32 Å². The van der Waals surface area contributed by atoms with E-state index in [1.807, 2.05) is 0 Å². The topological polar surface area (TPSA) is 85.6 Å². The number of anilines is 1. The van der Waals surface area contributed by atoms with E-state index >= 15 is 0 Å². The van der Waals surface area contributed by atoms with E-state index in [4.69, 9.17) is 0 Å². The summed E-state index contributed by atoms with van der Waals surface area (Å²) in [4.78, 5) is 12.5. The van der Waals surface area contributed by atoms with Crippen LogP contribution in [0.15, 0.2) is 29.4 Å². The molecule has 0 aliphatic heterocycles. The standard InChI is InChI=1S/C23H30N6OS2/c1-4-29-20(17-12-10-16(11-13-17)15(2)3)25-28-23(29)31-14-19(30)24-22-27-26-21(32-22)18-8-6-5-7-9-18/h10-13,15,18H,4-9,14H2,1-3H3,(H,24,27,30). The fraction of sp³-hybridized carbons (Fsp3) is 0.522. The fourth-order valence-corrected chi connectivity index (χ4v) is 5.73. The maximum absolute atomic E-state index is 12.5. The summed E-state index contributed by atoms with van der Waals surface area (Å²) in [5, 5.41) is 22.5. The first kappa shape index (κ1) is 22.9. The van der Waals surface area contributed by atoms with E-state index in [9.17, 15) is 4.79 Å². The van der Waals surface area contributed by atoms with Crippen LogP contribution in [0.5, 0.6) is 0 Å². The summed E-state index contributed by atoms with van der Waals surface area (Å²) in [6.07, 6.45) is 6.17. The van der Waals surface area contributed by atoms with Crippen LogP contribution in [0.25, 0.3) is 11.4 Å². The van der Waals surface area contributed by atoms with Crippen LogP contribution in [-0.4, -0.2) is 36.6 Å². The number of rotatable bonds is 8. The number of benzene rings is 1. The number of hydrogen-bond acceptors (Lipinski definition) is 7. The Balaban J connectivity index is 1.36. The second-order valence-electron chi connectivity index (χ2n) is 8.44. The van der Waals surface area contributed by atoms with Crippen LogP contribution in [0, 0.1) is 0 Å². The van der Waals surface area contributed by atoms with Gasteiger partial charge in [-0.1, -0.05) is 80.5 Å². The summed E-state index contributed by atoms with van der Waals surface area (Å²) in [6, 6.07) is 8.45. The van der Waals surface area contributed by atoms with Gasteiger partial charge in [0.15, 0.2) is 11.0 Å². The minimum atomic E-state index is -0.102. The van der Waals surface area contributed by atoms with Gasteiger partial charge in [-0.3, -0.25) is 10.1 Å². The van der Waals surface area contributed by atoms with Crippen molar-refractivity contribution in [3.8, 4) is 11.4 Å². The third-order valence-corrected chi connectivity index (χ3v) is 7.81. The van der Waals surface area contributed by atoms with Gasteiger partial charge in [-0.2, -0.15) is 0 Å². The van der Waals surface area contributed by atoms with E-state index in [1.54, 1.807) is 0 Å². The van der Waals surface area contributed by atoms with Crippen molar-refractivity contribution in [1.82, 2.24) is 25.0 Å². The number of nitrogens with zero attached hydrogens (tertiary/aromatic N) is 5. The molecule has 2 heterocycles. The van der Waals surface area contributed by atoms with Crippen molar-refractivity contribution in [2.24, 2.45) is 0 Å². The summed E-state index contributed by atoms with van der Waals surface area (Å²) in [5.41, 5.74) is 2.33. The molecule has 0 saturated heterocycles. The van der Waals surface area contributed by atoms with Crippen molar-refractivity contribution in [2.45, 2.75) is 76.4 Å². The second kappa shape index (κ2) is 10.6. The molecule has 1 N–H and O–H groups in total. The molecule has 3 aromatic rings. The summed E-state index contributed by atoms with van der Waals surface area (Å²) in [6.45, 7) is 7.16. The Morgan fingerprint density at radius 1 is 1.12 bits per heavy atom. The van der Waals surface area contributed by atoms with Crippen LogP contribution >= 0.6 is 23.1 Å². The van der Waals surface area contributed by atoms with Gasteiger partial charge in [0.2, 0.25) is 11.0 Å². The number of amides is 1. The molecule has 1 amide bonds. The summed E-state index contributed by atoms with van der Waals surface area (Å²) in [7, 11) is 0. The molecule has 7 nitrogen and oxygen atoms in total. The average molecular weight is 471 g/mol. The molecule has 9 heteroatoms. The number of hydrogen-bond donors (Lipinski definition) is 1. The highest BCUT2D eigenvalue weighted by atomic mass is 32.2. The van der Waals surface area contributed by atoms with Gasteiger partial charge in [-0.15, -0.1) is 20.4 Å². The van der Waals surface area contributed by atoms with Gasteiger partial charge < -0.3 is 4.57 Å². The summed E-state index contributed by atoms with van der Waals surface area (Å²) in [5.74, 6) is 1.96. The molecule has 170 valence electrons. The number of carbonyl (C=O) groups is 1. The first-order chi connectivity index (χ1) is 15.5. The SMILES string of the molecule is CCn1c(SCC(=O)Nc2nnc(C3CCCCC3)s2)nnc1-c1ccc(C(C)C)cc1. The lowest BCUT2D eigenvalue weighted by Gasteiger charge is -2.18. The Hall–Kier alpha value is -2.26. The zero-order valence-electron chi connectivity index (χ0n) is 18.9. The van der Waals surface area contributed by atoms with E-state index in [2.05, 4.69) is 75.3 Å². The molecular formula is C23H30N6OS2. The smallest absolute Gasteiger partial charge is 0.236 e. The fourth-order valence-electron chi connectivity index (χ4n) is 4.00. The Kier molecular flexibility index (Phi) is 7.57. The second-order valence-corrected chi connectivity index (χ2v) is 10.4. The molecule has 1 aromatic carbocycles. The van der Waals surface area contributed by atoms with Gasteiger partial charge in [-0.05, 0) is 31.2 Å². The third kappa shape index (κ3) is 5.38. The van der Waals surface area contributed by atoms with Crippen molar-refractivity contribution in [2.75, 3.05) is 11.1 Å². The predicted molar refractivity (Wildman–Crippen MR) is 130 cm³/mol. The molecule has 0 bridgehead atoms. The zero-order valence-corrected chi connectivity index (χ0v) is 20.5. The van der Waals surface area contributed by atoms with Gasteiger partial charge in [0, 0.05) is 18.0 Å². The van der Waals surface area contributed by atoms with Crippen molar-refractivity contribution in [1.29, 1.82) is 0 Å². The van der Waals surface area contributed by atoms with Crippen molar-refractivity contribution in [3.05, 3.63) is 34.8 Å². The highest BCUT2D eigenvalue weighted by molar-refractivity contribution is 7.99. The number of carbonyl (C=O) groups excluding carboxylic acids is 1. The lowest BCUT2D eigenvalue weighted by Crippen LogP contribution is -2.14. The van der Waals surface area contributed by atoms with Gasteiger partial charge in [-0.25, -0.2) is 0 Å². The lowest BCUT2D eigenvalue weighted by atomic mass is 9.90. The summed E-state index contributed by atoms with van der Waals surface area (Å²) < 4.78 is 2.05. The quantitative estimate of drug-likeness (QED) is 0.424. The highest BCUT2D eigenvalue weighted by Crippen LogP contribution is 2.35. The first-order valence-electron chi connectivity index (χ1n) is 11.3. The molecule has 0 atom stereocenters. The van der Waals surface area contributed by atoms with E-state index in [-0.39, 0.29) is 11.7 Å². The Morgan fingerprint density at radius 3 is 2.56 bits per heavy atom. The van der Waals surface area contributed by atoms with Crippen LogP contribution in [-0.2, 0) is 11.3 Å². The molecule has 1 saturated carbocycles. The molecule has 1 fully saturated rings. The largest absolute Gasteiger partial charge is 0.302 e. The number of aromatic nitrogens is 5. The van der Waals surface area contributed by atoms with E-state index in [0.29, 0.717) is 17.0 Å². The minimum absolute atomic E-state index is 0.102. The maximum Gasteiger partial charge on any atom is 0.236 e. The monoisotopic (exact) mass is 470 g/mol. The van der Waals surface area contributed by atoms with Crippen LogP contribution in [0.2, 0.25) is 0 Å². The van der Waals surface area contributed by atoms with E-state index in [0.717, 1.165) is 28.1 Å². The molecule has 0 radical (unpaired) electrons. The average Bonchev–Trinajstić information content (AvgIpc) is 3.45. The van der Waals surface area contributed by atoms with Crippen molar-refractivity contribution < 1.29 is 4.79 Å². The molecule has 0 spiro atoms. The maximum atomic E-state index is 12.5. The predicted octanol–water partition coefficient (Wildman–Crippen LogP) is 5.72. The van der Waals surface area contributed by atoms with Crippen LogP contribution in [0.1, 0.15) is 75.3 Å². The van der Waals surface area contributed by atoms with Gasteiger partial charge in [0.25, 0.3) is 0 Å². The molecular weight excluding hydrogens is 440 g/mol. The van der Waals surface area contributed by atoms with Gasteiger partial charge in [0.1, 0.15) is 5.01 Å². The molecule has 2 aromatic heterocycles. The molecule has 32 heavy (non-hydrogen) atoms. The summed E-state index contributed by atoms with van der Waals surface area (Å²) >= 11 is 2.90. The van der Waals surface area contributed by atoms with Crippen molar-refractivity contribution in [3.63, 3.8) is 0 Å². The lowest BCUT2D eigenvalue weighted by molar-refractivity contribution is -0.113. The number of nitrogens with one attached hydrogen (secondary N) is 1. The third-order valence-electron chi connectivity index (χ3n) is 5.84. The normalized spacial score (nSPS) is 14.8. The minimum Gasteiger partial charge on any atom is -0.302 e. The van der Waals surface area contributed by atoms with Crippen molar-refractivity contribution >= 4 is 34.1 Å². The Labute approximate surface area is 197 Å². The molecule has 0 unspecified atom stereocenters. The molecule has 1 aliphatic rings. The van der Waals surface area contributed by atoms with E-state index < -0.39 is 0 Å². The Morgan fingerprint density at radius 2 is 1.88 bits per heavy atom. The highest BCUT2D eigenvalue weighted by Gasteiger charge is 2.21. The van der Waals surface area contributed by atoms with E-state index in [1.165, 1.54) is 60.8 Å². The zero-order chi connectivity index (χ0) is 22.5. The molecule has 4 rings (SSSR count). The molecule has 1 aliphatic carbocycles. The van der Waals surface area contributed by atoms with Gasteiger partial charge >= 0.3 is 0 Å². The van der Waals surface area contributed by atoms with Crippen LogP contribution in [0.4, 0.5) is 5.13 Å². The first-order valence-corrected chi connectivity index (χ1v) is 13.1. The van der Waals surface area contributed by atoms with Gasteiger partial charge in [0.05, 0.1) is 5.75 Å². The number of thioether (sulfide) groups is 1.